The Morgan fingerprint density at radius 3 is 2.65 bits per heavy atom. The van der Waals surface area contributed by atoms with Gasteiger partial charge in [0.1, 0.15) is 12.4 Å². The van der Waals surface area contributed by atoms with Crippen molar-refractivity contribution in [2.24, 2.45) is 11.8 Å². The van der Waals surface area contributed by atoms with Gasteiger partial charge in [-0.2, -0.15) is 18.3 Å². The average molecular weight is 550 g/mol. The third kappa shape index (κ3) is 3.96. The number of benzene rings is 2. The monoisotopic (exact) mass is 549 g/mol. The largest absolute Gasteiger partial charge is 0.481 e. The number of carbonyl (C=O) groups is 1. The second-order valence-electron chi connectivity index (χ2n) is 10.7. The number of aliphatic carboxylic acids is 1. The zero-order valence-electron chi connectivity index (χ0n) is 21.0. The fraction of sp³-hybridized carbons (Fsp3) is 0.300. The molecule has 0 spiro atoms. The Balaban J connectivity index is 1.20. The number of hydrogen-bond donors (Lipinski definition) is 1. The van der Waals surface area contributed by atoms with Gasteiger partial charge in [0, 0.05) is 42.1 Å². The number of carboxylic acids is 1. The zero-order chi connectivity index (χ0) is 27.8. The van der Waals surface area contributed by atoms with Gasteiger partial charge in [0.15, 0.2) is 0 Å². The first-order chi connectivity index (χ1) is 19.2. The highest BCUT2D eigenvalue weighted by atomic mass is 19.4. The second-order valence-corrected chi connectivity index (χ2v) is 10.7. The first-order valence-electron chi connectivity index (χ1n) is 13.0. The molecule has 6 nitrogen and oxygen atoms in total. The van der Waals surface area contributed by atoms with Crippen LogP contribution in [0.1, 0.15) is 63.2 Å². The van der Waals surface area contributed by atoms with Crippen LogP contribution in [0.2, 0.25) is 0 Å². The van der Waals surface area contributed by atoms with Crippen molar-refractivity contribution in [1.29, 1.82) is 0 Å². The van der Waals surface area contributed by atoms with Gasteiger partial charge in [0.05, 0.1) is 17.5 Å². The van der Waals surface area contributed by atoms with E-state index < -0.39 is 35.5 Å². The van der Waals surface area contributed by atoms with Crippen LogP contribution in [0.4, 0.5) is 17.6 Å². The first kappa shape index (κ1) is 24.8. The van der Waals surface area contributed by atoms with E-state index in [2.05, 4.69) is 10.1 Å². The summed E-state index contributed by atoms with van der Waals surface area (Å²) >= 11 is 0. The van der Waals surface area contributed by atoms with Crippen LogP contribution < -0.4 is 4.74 Å². The Morgan fingerprint density at radius 1 is 1.07 bits per heavy atom. The zero-order valence-corrected chi connectivity index (χ0v) is 21.0. The van der Waals surface area contributed by atoms with Gasteiger partial charge in [-0.25, -0.2) is 9.37 Å². The van der Waals surface area contributed by atoms with Crippen molar-refractivity contribution in [2.45, 2.75) is 43.5 Å². The molecular weight excluding hydrogens is 526 g/mol. The number of alkyl halides is 3. The molecule has 0 bridgehead atoms. The van der Waals surface area contributed by atoms with Crippen molar-refractivity contribution in [1.82, 2.24) is 14.8 Å². The molecule has 1 fully saturated rings. The van der Waals surface area contributed by atoms with Gasteiger partial charge in [0.2, 0.25) is 5.88 Å². The van der Waals surface area contributed by atoms with Crippen molar-refractivity contribution >= 4 is 5.97 Å². The van der Waals surface area contributed by atoms with Crippen molar-refractivity contribution in [3.8, 4) is 5.88 Å². The molecule has 2 heterocycles. The first-order valence-corrected chi connectivity index (χ1v) is 13.0. The van der Waals surface area contributed by atoms with Crippen LogP contribution in [0.3, 0.4) is 0 Å². The third-order valence-electron chi connectivity index (χ3n) is 8.57. The lowest BCUT2D eigenvalue weighted by molar-refractivity contribution is -0.139. The Labute approximate surface area is 226 Å². The maximum atomic E-state index is 15.4. The van der Waals surface area contributed by atoms with Gasteiger partial charge >= 0.3 is 12.1 Å². The van der Waals surface area contributed by atoms with E-state index in [0.29, 0.717) is 29.8 Å². The molecule has 0 amide bonds. The van der Waals surface area contributed by atoms with E-state index in [9.17, 15) is 23.1 Å². The lowest BCUT2D eigenvalue weighted by Crippen LogP contribution is -2.12. The van der Waals surface area contributed by atoms with Crippen LogP contribution in [-0.4, -0.2) is 25.8 Å². The van der Waals surface area contributed by atoms with E-state index in [0.717, 1.165) is 17.2 Å². The summed E-state index contributed by atoms with van der Waals surface area (Å²) in [5.41, 5.74) is 2.75. The lowest BCUT2D eigenvalue weighted by atomic mass is 9.88. The molecule has 2 unspecified atom stereocenters. The van der Waals surface area contributed by atoms with Crippen LogP contribution in [0.15, 0.2) is 67.1 Å². The van der Waals surface area contributed by atoms with E-state index in [4.69, 9.17) is 4.74 Å². The van der Waals surface area contributed by atoms with E-state index in [1.807, 2.05) is 0 Å². The number of aromatic nitrogens is 3. The minimum atomic E-state index is -4.53. The fourth-order valence-corrected chi connectivity index (χ4v) is 6.74. The van der Waals surface area contributed by atoms with Crippen LogP contribution in [0, 0.1) is 17.7 Å². The number of pyridine rings is 1. The SMILES string of the molecule is O=C(O)[C@H]1[C@@H]2Cc3cc(OCc4cc5c(cc4F)C(n4cccn4)CC5c4ccccc4C(F)(F)F)ncc3[C@@H]21. The van der Waals surface area contributed by atoms with Gasteiger partial charge in [-0.1, -0.05) is 18.2 Å². The maximum absolute atomic E-state index is 15.4. The van der Waals surface area contributed by atoms with Gasteiger partial charge < -0.3 is 9.84 Å². The lowest BCUT2D eigenvalue weighted by Gasteiger charge is -2.19. The molecule has 10 heteroatoms. The molecule has 40 heavy (non-hydrogen) atoms. The van der Waals surface area contributed by atoms with Crippen LogP contribution in [-0.2, 0) is 24.0 Å². The maximum Gasteiger partial charge on any atom is 0.416 e. The van der Waals surface area contributed by atoms with Gasteiger partial charge in [-0.3, -0.25) is 9.48 Å². The van der Waals surface area contributed by atoms with Crippen molar-refractivity contribution in [3.05, 3.63) is 112 Å². The highest BCUT2D eigenvalue weighted by Gasteiger charge is 2.60. The summed E-state index contributed by atoms with van der Waals surface area (Å²) in [6.07, 6.45) is 1.36. The molecule has 4 aromatic rings. The molecule has 0 radical (unpaired) electrons. The Kier molecular flexibility index (Phi) is 5.52. The Morgan fingerprint density at radius 2 is 1.90 bits per heavy atom. The number of rotatable bonds is 6. The van der Waals surface area contributed by atoms with Crippen LogP contribution in [0.25, 0.3) is 0 Å². The minimum absolute atomic E-state index is 0.0116. The van der Waals surface area contributed by atoms with Crippen molar-refractivity contribution in [2.75, 3.05) is 0 Å². The smallest absolute Gasteiger partial charge is 0.416 e. The minimum Gasteiger partial charge on any atom is -0.481 e. The summed E-state index contributed by atoms with van der Waals surface area (Å²) < 4.78 is 64.7. The molecule has 2 aromatic carbocycles. The normalized spacial score (nSPS) is 24.4. The van der Waals surface area contributed by atoms with Crippen LogP contribution >= 0.6 is 0 Å². The van der Waals surface area contributed by atoms with Crippen LogP contribution in [0.5, 0.6) is 5.88 Å². The summed E-state index contributed by atoms with van der Waals surface area (Å²) in [5.74, 6) is -1.93. The fourth-order valence-electron chi connectivity index (χ4n) is 6.74. The standard InChI is InChI=1S/C30H23F4N3O3/c31-24-11-20-18(9-16(24)14-40-26-10-15-8-21-27(22(15)13-35-26)28(21)29(38)39)19(12-25(20)37-7-3-6-36-37)17-4-1-2-5-23(17)30(32,33)34/h1-7,9-11,13,19,21,25,27-28H,8,12,14H2,(H,38,39)/t19?,21-,25?,27-,28+/m1/s1. The molecule has 7 rings (SSSR count). The molecule has 1 N–H and O–H groups in total. The quantitative estimate of drug-likeness (QED) is 0.294. The molecule has 5 atom stereocenters. The van der Waals surface area contributed by atoms with Crippen molar-refractivity contribution in [3.63, 3.8) is 0 Å². The number of carboxylic acid groups (broad SMARTS) is 1. The number of ether oxygens (including phenoxy) is 1. The van der Waals surface area contributed by atoms with Gasteiger partial charge in [-0.05, 0) is 70.8 Å². The van der Waals surface area contributed by atoms with E-state index >= 15 is 4.39 Å². The summed E-state index contributed by atoms with van der Waals surface area (Å²) in [6, 6.07) is 11.6. The molecule has 3 aliphatic carbocycles. The highest BCUT2D eigenvalue weighted by Crippen LogP contribution is 2.61. The number of hydrogen-bond acceptors (Lipinski definition) is 4. The number of halogens is 4. The molecule has 0 aliphatic heterocycles. The van der Waals surface area contributed by atoms with E-state index in [-0.39, 0.29) is 35.5 Å². The molecule has 0 saturated heterocycles. The Bertz CT molecular complexity index is 1640. The molecule has 2 aromatic heterocycles. The summed E-state index contributed by atoms with van der Waals surface area (Å²) in [6.45, 7) is -0.157. The van der Waals surface area contributed by atoms with E-state index in [1.165, 1.54) is 18.2 Å². The molecule has 204 valence electrons. The summed E-state index contributed by atoms with van der Waals surface area (Å²) in [5, 5.41) is 13.6. The second kappa shape index (κ2) is 8.90. The average Bonchev–Trinajstić information content (AvgIpc) is 3.27. The van der Waals surface area contributed by atoms with E-state index in [1.54, 1.807) is 47.5 Å². The summed E-state index contributed by atoms with van der Waals surface area (Å²) in [4.78, 5) is 15.7. The summed E-state index contributed by atoms with van der Waals surface area (Å²) in [7, 11) is 0. The van der Waals surface area contributed by atoms with Crippen molar-refractivity contribution < 1.29 is 32.2 Å². The number of nitrogens with zero attached hydrogens (tertiary/aromatic N) is 3. The van der Waals surface area contributed by atoms with Gasteiger partial charge in [0.25, 0.3) is 0 Å². The third-order valence-corrected chi connectivity index (χ3v) is 8.57. The topological polar surface area (TPSA) is 77.2 Å². The van der Waals surface area contributed by atoms with Gasteiger partial charge in [-0.15, -0.1) is 0 Å². The highest BCUT2D eigenvalue weighted by molar-refractivity contribution is 5.77. The molecule has 1 saturated carbocycles. The Hall–Kier alpha value is -4.21. The predicted octanol–water partition coefficient (Wildman–Crippen LogP) is 6.11. The predicted molar refractivity (Wildman–Crippen MR) is 134 cm³/mol. The molecular formula is C30H23F4N3O3. The molecule has 3 aliphatic rings. The number of fused-ring (bicyclic) bond motifs is 4.